The van der Waals surface area contributed by atoms with Crippen molar-refractivity contribution in [2.45, 2.75) is 0 Å². The van der Waals surface area contributed by atoms with Gasteiger partial charge in [0.05, 0.1) is 0 Å². The minimum absolute atomic E-state index is 0. The molecule has 0 unspecified atom stereocenters. The van der Waals surface area contributed by atoms with Crippen LogP contribution in [-0.4, -0.2) is 0 Å². The summed E-state index contributed by atoms with van der Waals surface area (Å²) >= 11 is 1.73. The van der Waals surface area contributed by atoms with E-state index in [9.17, 15) is 0 Å². The summed E-state index contributed by atoms with van der Waals surface area (Å²) in [6.45, 7) is 3.72. The topological polar surface area (TPSA) is 3.88 Å². The zero-order valence-electron chi connectivity index (χ0n) is 6.40. The summed E-state index contributed by atoms with van der Waals surface area (Å²) in [5.74, 6) is 0. The van der Waals surface area contributed by atoms with Crippen molar-refractivity contribution in [3.8, 4) is 0 Å². The summed E-state index contributed by atoms with van der Waals surface area (Å²) < 4.78 is 3.33. The standard InChI is InChI=1S/C9H8NS.ClH/c1-2-10-7-11-9-6-4-3-5-8(9)10;/h2-7H,1H2;1H/q+1;/p-1. The molecule has 2 rings (SSSR count). The lowest BCUT2D eigenvalue weighted by atomic mass is 10.3. The van der Waals surface area contributed by atoms with E-state index < -0.39 is 0 Å². The Balaban J connectivity index is 0.000000720. The molecule has 0 aliphatic heterocycles. The molecule has 0 radical (unpaired) electrons. The minimum Gasteiger partial charge on any atom is -1.00 e. The van der Waals surface area contributed by atoms with Crippen molar-refractivity contribution in [1.82, 2.24) is 0 Å². The molecule has 0 N–H and O–H groups in total. The lowest BCUT2D eigenvalue weighted by Gasteiger charge is -1.81. The van der Waals surface area contributed by atoms with E-state index in [0.29, 0.717) is 0 Å². The van der Waals surface area contributed by atoms with Gasteiger partial charge in [-0.3, -0.25) is 0 Å². The maximum atomic E-state index is 3.72. The van der Waals surface area contributed by atoms with Crippen molar-refractivity contribution in [1.29, 1.82) is 0 Å². The van der Waals surface area contributed by atoms with Gasteiger partial charge in [-0.15, -0.1) is 0 Å². The molecule has 1 aromatic heterocycles. The number of aromatic nitrogens is 1. The first-order chi connectivity index (χ1) is 5.42. The Kier molecular flexibility index (Phi) is 2.84. The molecule has 1 heterocycles. The Hall–Kier alpha value is -0.860. The Morgan fingerprint density at radius 2 is 2.08 bits per heavy atom. The molecule has 62 valence electrons. The molecular formula is C9H8ClNS. The molecule has 0 saturated carbocycles. The second-order valence-electron chi connectivity index (χ2n) is 2.28. The van der Waals surface area contributed by atoms with Crippen LogP contribution < -0.4 is 17.0 Å². The molecule has 12 heavy (non-hydrogen) atoms. The highest BCUT2D eigenvalue weighted by atomic mass is 35.5. The molecule has 1 aromatic carbocycles. The van der Waals surface area contributed by atoms with Crippen molar-refractivity contribution >= 4 is 27.8 Å². The minimum atomic E-state index is 0. The van der Waals surface area contributed by atoms with Crippen molar-refractivity contribution in [3.63, 3.8) is 0 Å². The van der Waals surface area contributed by atoms with Crippen LogP contribution in [0.2, 0.25) is 0 Å². The van der Waals surface area contributed by atoms with Crippen LogP contribution in [-0.2, 0) is 0 Å². The molecular weight excluding hydrogens is 190 g/mol. The molecule has 0 amide bonds. The van der Waals surface area contributed by atoms with Crippen LogP contribution in [0.5, 0.6) is 0 Å². The zero-order chi connectivity index (χ0) is 7.68. The van der Waals surface area contributed by atoms with Gasteiger partial charge in [0.25, 0.3) is 0 Å². The lowest BCUT2D eigenvalue weighted by Crippen LogP contribution is -3.00. The Morgan fingerprint density at radius 3 is 2.83 bits per heavy atom. The number of thiazole rings is 1. The summed E-state index contributed by atoms with van der Waals surface area (Å²) in [7, 11) is 0. The predicted molar refractivity (Wildman–Crippen MR) is 48.4 cm³/mol. The normalized spacial score (nSPS) is 9.33. The second-order valence-corrected chi connectivity index (χ2v) is 3.17. The highest BCUT2D eigenvalue weighted by molar-refractivity contribution is 7.16. The van der Waals surface area contributed by atoms with E-state index in [-0.39, 0.29) is 12.4 Å². The van der Waals surface area contributed by atoms with Crippen LogP contribution in [0, 0.1) is 0 Å². The maximum absolute atomic E-state index is 3.72. The van der Waals surface area contributed by atoms with Crippen LogP contribution in [0.25, 0.3) is 16.4 Å². The molecule has 0 aliphatic rings. The SMILES string of the molecule is C=C[n+]1csc2ccccc21.[Cl-]. The number of benzene rings is 1. The van der Waals surface area contributed by atoms with Gasteiger partial charge in [0.15, 0.2) is 6.20 Å². The number of rotatable bonds is 1. The van der Waals surface area contributed by atoms with Gasteiger partial charge in [-0.2, -0.15) is 4.57 Å². The van der Waals surface area contributed by atoms with E-state index in [0.717, 1.165) is 0 Å². The summed E-state index contributed by atoms with van der Waals surface area (Å²) in [6, 6.07) is 8.29. The third-order valence-electron chi connectivity index (χ3n) is 1.63. The second kappa shape index (κ2) is 3.70. The van der Waals surface area contributed by atoms with Gasteiger partial charge in [-0.05, 0) is 12.6 Å². The summed E-state index contributed by atoms with van der Waals surface area (Å²) in [5, 5.41) is 0. The Morgan fingerprint density at radius 1 is 1.33 bits per heavy atom. The zero-order valence-corrected chi connectivity index (χ0v) is 7.98. The first kappa shape index (κ1) is 9.23. The number of halogens is 1. The smallest absolute Gasteiger partial charge is 0.231 e. The van der Waals surface area contributed by atoms with E-state index in [2.05, 4.69) is 24.2 Å². The van der Waals surface area contributed by atoms with Gasteiger partial charge in [0.2, 0.25) is 11.0 Å². The number of hydrogen-bond acceptors (Lipinski definition) is 1. The van der Waals surface area contributed by atoms with Crippen LogP contribution >= 0.6 is 11.3 Å². The van der Waals surface area contributed by atoms with Crippen molar-refractivity contribution in [3.05, 3.63) is 36.4 Å². The van der Waals surface area contributed by atoms with Crippen molar-refractivity contribution < 1.29 is 17.0 Å². The fraction of sp³-hybridized carbons (Fsp3) is 0. The summed E-state index contributed by atoms with van der Waals surface area (Å²) in [4.78, 5) is 0. The number of fused-ring (bicyclic) bond motifs is 1. The molecule has 1 nitrogen and oxygen atoms in total. The fourth-order valence-corrected chi connectivity index (χ4v) is 1.96. The highest BCUT2D eigenvalue weighted by Crippen LogP contribution is 2.14. The van der Waals surface area contributed by atoms with Gasteiger partial charge in [0.1, 0.15) is 4.70 Å². The van der Waals surface area contributed by atoms with E-state index in [1.807, 2.05) is 22.9 Å². The molecule has 0 fully saturated rings. The highest BCUT2D eigenvalue weighted by Gasteiger charge is 2.05. The van der Waals surface area contributed by atoms with Crippen LogP contribution in [0.1, 0.15) is 0 Å². The van der Waals surface area contributed by atoms with E-state index >= 15 is 0 Å². The molecule has 3 heteroatoms. The predicted octanol–water partition coefficient (Wildman–Crippen LogP) is -0.707. The van der Waals surface area contributed by atoms with Crippen molar-refractivity contribution in [2.24, 2.45) is 0 Å². The number of para-hydroxylation sites is 1. The summed E-state index contributed by atoms with van der Waals surface area (Å²) in [6.07, 6.45) is 1.82. The van der Waals surface area contributed by atoms with Gasteiger partial charge in [-0.1, -0.05) is 23.5 Å². The number of nitrogens with zero attached hydrogens (tertiary/aromatic N) is 1. The number of hydrogen-bond donors (Lipinski definition) is 0. The van der Waals surface area contributed by atoms with E-state index in [1.165, 1.54) is 10.2 Å². The van der Waals surface area contributed by atoms with Crippen LogP contribution in [0.3, 0.4) is 0 Å². The monoisotopic (exact) mass is 197 g/mol. The van der Waals surface area contributed by atoms with Gasteiger partial charge in [-0.25, -0.2) is 0 Å². The lowest BCUT2D eigenvalue weighted by molar-refractivity contribution is -0.533. The van der Waals surface area contributed by atoms with Gasteiger partial charge in [0, 0.05) is 6.07 Å². The molecule has 0 atom stereocenters. The van der Waals surface area contributed by atoms with Crippen molar-refractivity contribution in [2.75, 3.05) is 0 Å². The fourth-order valence-electron chi connectivity index (χ4n) is 1.08. The molecule has 0 saturated heterocycles. The van der Waals surface area contributed by atoms with Crippen LogP contribution in [0.4, 0.5) is 0 Å². The third-order valence-corrected chi connectivity index (χ3v) is 2.57. The molecule has 0 aliphatic carbocycles. The molecule has 0 bridgehead atoms. The quantitative estimate of drug-likeness (QED) is 0.532. The Labute approximate surface area is 81.4 Å². The molecule has 2 aromatic rings. The third kappa shape index (κ3) is 1.36. The molecule has 0 spiro atoms. The Bertz CT molecular complexity index is 394. The first-order valence-electron chi connectivity index (χ1n) is 3.42. The largest absolute Gasteiger partial charge is 1.00 e. The van der Waals surface area contributed by atoms with Gasteiger partial charge >= 0.3 is 0 Å². The average Bonchev–Trinajstić information content (AvgIpc) is 2.47. The summed E-state index contributed by atoms with van der Waals surface area (Å²) in [5.41, 5.74) is 3.28. The van der Waals surface area contributed by atoms with Gasteiger partial charge < -0.3 is 12.4 Å². The maximum Gasteiger partial charge on any atom is 0.231 e. The van der Waals surface area contributed by atoms with Crippen LogP contribution in [0.15, 0.2) is 36.4 Å². The first-order valence-corrected chi connectivity index (χ1v) is 4.30. The van der Waals surface area contributed by atoms with E-state index in [1.54, 1.807) is 11.3 Å². The average molecular weight is 198 g/mol. The van der Waals surface area contributed by atoms with E-state index in [4.69, 9.17) is 0 Å².